The predicted octanol–water partition coefficient (Wildman–Crippen LogP) is 2.95. The maximum atomic E-state index is 6.54. The van der Waals surface area contributed by atoms with E-state index < -0.39 is 0 Å². The lowest BCUT2D eigenvalue weighted by Crippen LogP contribution is -2.36. The highest BCUT2D eigenvalue weighted by Crippen LogP contribution is 2.42. The van der Waals surface area contributed by atoms with E-state index in [4.69, 9.17) is 22.1 Å². The highest BCUT2D eigenvalue weighted by molar-refractivity contribution is 6.33. The molecule has 3 rings (SSSR count). The minimum Gasteiger partial charge on any atom is -0.378 e. The highest BCUT2D eigenvalue weighted by atomic mass is 35.5. The van der Waals surface area contributed by atoms with Crippen molar-refractivity contribution >= 4 is 17.3 Å². The van der Waals surface area contributed by atoms with Crippen LogP contribution in [0.25, 0.3) is 0 Å². The van der Waals surface area contributed by atoms with Gasteiger partial charge >= 0.3 is 0 Å². The van der Waals surface area contributed by atoms with Crippen LogP contribution in [0.5, 0.6) is 0 Å². The van der Waals surface area contributed by atoms with Gasteiger partial charge in [-0.1, -0.05) is 30.5 Å². The fourth-order valence-electron chi connectivity index (χ4n) is 3.56. The van der Waals surface area contributed by atoms with E-state index in [2.05, 4.69) is 23.1 Å². The second-order valence-electron chi connectivity index (χ2n) is 5.96. The van der Waals surface area contributed by atoms with Crippen LogP contribution in [0.2, 0.25) is 5.02 Å². The van der Waals surface area contributed by atoms with Crippen molar-refractivity contribution in [3.8, 4) is 0 Å². The number of halogens is 1. The van der Waals surface area contributed by atoms with Crippen molar-refractivity contribution in [2.75, 3.05) is 37.7 Å². The molecule has 1 aromatic rings. The van der Waals surface area contributed by atoms with Crippen LogP contribution in [0.3, 0.4) is 0 Å². The van der Waals surface area contributed by atoms with Crippen LogP contribution in [0.15, 0.2) is 18.2 Å². The molecule has 110 valence electrons. The number of morpholine rings is 1. The molecule has 1 heterocycles. The quantitative estimate of drug-likeness (QED) is 0.931. The van der Waals surface area contributed by atoms with Gasteiger partial charge in [-0.2, -0.15) is 0 Å². The molecule has 1 aliphatic carbocycles. The van der Waals surface area contributed by atoms with Gasteiger partial charge in [0.05, 0.1) is 23.9 Å². The van der Waals surface area contributed by atoms with Crippen LogP contribution in [-0.2, 0) is 10.2 Å². The second-order valence-corrected chi connectivity index (χ2v) is 6.36. The summed E-state index contributed by atoms with van der Waals surface area (Å²) in [7, 11) is 0. The standard InChI is InChI=1S/C16H23ClN2O/c17-14-11-13(16(12-18)5-1-2-6-16)3-4-15(14)19-7-9-20-10-8-19/h3-4,11H,1-2,5-10,12,18H2. The molecule has 1 saturated heterocycles. The molecule has 0 aromatic heterocycles. The Morgan fingerprint density at radius 1 is 1.20 bits per heavy atom. The summed E-state index contributed by atoms with van der Waals surface area (Å²) in [5, 5.41) is 0.851. The maximum absolute atomic E-state index is 6.54. The zero-order valence-corrected chi connectivity index (χ0v) is 12.7. The Kier molecular flexibility index (Phi) is 4.20. The number of benzene rings is 1. The molecule has 1 aliphatic heterocycles. The van der Waals surface area contributed by atoms with E-state index in [9.17, 15) is 0 Å². The largest absolute Gasteiger partial charge is 0.378 e. The number of nitrogens with zero attached hydrogens (tertiary/aromatic N) is 1. The van der Waals surface area contributed by atoms with Crippen LogP contribution in [-0.4, -0.2) is 32.8 Å². The Morgan fingerprint density at radius 3 is 2.50 bits per heavy atom. The van der Waals surface area contributed by atoms with E-state index in [-0.39, 0.29) is 5.41 Å². The van der Waals surface area contributed by atoms with Gasteiger partial charge < -0.3 is 15.4 Å². The van der Waals surface area contributed by atoms with Crippen molar-refractivity contribution in [2.45, 2.75) is 31.1 Å². The summed E-state index contributed by atoms with van der Waals surface area (Å²) < 4.78 is 5.40. The van der Waals surface area contributed by atoms with Crippen LogP contribution in [0.1, 0.15) is 31.2 Å². The van der Waals surface area contributed by atoms with Crippen LogP contribution < -0.4 is 10.6 Å². The first-order valence-electron chi connectivity index (χ1n) is 7.58. The van der Waals surface area contributed by atoms with E-state index >= 15 is 0 Å². The lowest BCUT2D eigenvalue weighted by Gasteiger charge is -2.32. The molecular weight excluding hydrogens is 272 g/mol. The summed E-state index contributed by atoms with van der Waals surface area (Å²) in [6.45, 7) is 4.12. The summed E-state index contributed by atoms with van der Waals surface area (Å²) in [5.41, 5.74) is 8.67. The van der Waals surface area contributed by atoms with Gasteiger partial charge in [-0.05, 0) is 30.5 Å². The van der Waals surface area contributed by atoms with Crippen molar-refractivity contribution in [3.63, 3.8) is 0 Å². The molecule has 0 unspecified atom stereocenters. The Balaban J connectivity index is 1.86. The molecule has 2 fully saturated rings. The van der Waals surface area contributed by atoms with Crippen LogP contribution >= 0.6 is 11.6 Å². The summed E-state index contributed by atoms with van der Waals surface area (Å²) in [6.07, 6.45) is 4.94. The smallest absolute Gasteiger partial charge is 0.0642 e. The van der Waals surface area contributed by atoms with Gasteiger partial charge in [0, 0.05) is 25.0 Å². The Hall–Kier alpha value is -0.770. The average Bonchev–Trinajstić information content (AvgIpc) is 2.98. The Labute approximate surface area is 126 Å². The van der Waals surface area contributed by atoms with Crippen LogP contribution in [0, 0.1) is 0 Å². The number of hydrogen-bond acceptors (Lipinski definition) is 3. The third kappa shape index (κ3) is 2.54. The van der Waals surface area contributed by atoms with Crippen molar-refractivity contribution in [1.29, 1.82) is 0 Å². The molecule has 1 saturated carbocycles. The molecule has 1 aromatic carbocycles. The molecule has 0 spiro atoms. The monoisotopic (exact) mass is 294 g/mol. The van der Waals surface area contributed by atoms with E-state index in [1.807, 2.05) is 0 Å². The van der Waals surface area contributed by atoms with Crippen molar-refractivity contribution in [1.82, 2.24) is 0 Å². The molecule has 0 bridgehead atoms. The fraction of sp³-hybridized carbons (Fsp3) is 0.625. The third-order valence-corrected chi connectivity index (χ3v) is 5.17. The number of rotatable bonds is 3. The zero-order valence-electron chi connectivity index (χ0n) is 11.9. The van der Waals surface area contributed by atoms with Gasteiger partial charge in [-0.25, -0.2) is 0 Å². The van der Waals surface area contributed by atoms with Gasteiger partial charge in [0.25, 0.3) is 0 Å². The molecule has 0 atom stereocenters. The number of nitrogens with two attached hydrogens (primary N) is 1. The SMILES string of the molecule is NCC1(c2ccc(N3CCOCC3)c(Cl)c2)CCCC1. The normalized spacial score (nSPS) is 22.2. The van der Waals surface area contributed by atoms with Gasteiger partial charge in [0.1, 0.15) is 0 Å². The van der Waals surface area contributed by atoms with Gasteiger partial charge in [-0.15, -0.1) is 0 Å². The van der Waals surface area contributed by atoms with E-state index in [1.165, 1.54) is 31.2 Å². The lowest BCUT2D eigenvalue weighted by molar-refractivity contribution is 0.122. The van der Waals surface area contributed by atoms with E-state index in [0.717, 1.165) is 43.6 Å². The molecular formula is C16H23ClN2O. The Bertz CT molecular complexity index is 466. The first kappa shape index (κ1) is 14.2. The molecule has 4 heteroatoms. The zero-order chi connectivity index (χ0) is 14.0. The highest BCUT2D eigenvalue weighted by Gasteiger charge is 2.34. The molecule has 20 heavy (non-hydrogen) atoms. The minimum atomic E-state index is 0.160. The topological polar surface area (TPSA) is 38.5 Å². The van der Waals surface area contributed by atoms with Crippen molar-refractivity contribution < 1.29 is 4.74 Å². The van der Waals surface area contributed by atoms with Crippen LogP contribution in [0.4, 0.5) is 5.69 Å². The number of ether oxygens (including phenoxy) is 1. The third-order valence-electron chi connectivity index (χ3n) is 4.86. The number of anilines is 1. The molecule has 0 amide bonds. The molecule has 2 aliphatic rings. The van der Waals surface area contributed by atoms with Gasteiger partial charge in [-0.3, -0.25) is 0 Å². The fourth-order valence-corrected chi connectivity index (χ4v) is 3.86. The van der Waals surface area contributed by atoms with Crippen molar-refractivity contribution in [2.24, 2.45) is 5.73 Å². The van der Waals surface area contributed by atoms with E-state index in [1.54, 1.807) is 0 Å². The summed E-state index contributed by atoms with van der Waals surface area (Å²) >= 11 is 6.54. The predicted molar refractivity (Wildman–Crippen MR) is 83.7 cm³/mol. The molecule has 2 N–H and O–H groups in total. The summed E-state index contributed by atoms with van der Waals surface area (Å²) in [6, 6.07) is 6.54. The lowest BCUT2D eigenvalue weighted by atomic mass is 9.79. The molecule has 0 radical (unpaired) electrons. The first-order chi connectivity index (χ1) is 9.75. The van der Waals surface area contributed by atoms with Gasteiger partial charge in [0.2, 0.25) is 0 Å². The summed E-state index contributed by atoms with van der Waals surface area (Å²) in [4.78, 5) is 2.30. The Morgan fingerprint density at radius 2 is 1.90 bits per heavy atom. The first-order valence-corrected chi connectivity index (χ1v) is 7.96. The van der Waals surface area contributed by atoms with Crippen molar-refractivity contribution in [3.05, 3.63) is 28.8 Å². The minimum absolute atomic E-state index is 0.160. The molecule has 3 nitrogen and oxygen atoms in total. The maximum Gasteiger partial charge on any atom is 0.0642 e. The number of hydrogen-bond donors (Lipinski definition) is 1. The van der Waals surface area contributed by atoms with E-state index in [0.29, 0.717) is 0 Å². The summed E-state index contributed by atoms with van der Waals surface area (Å²) in [5.74, 6) is 0. The second kappa shape index (κ2) is 5.92. The average molecular weight is 295 g/mol. The van der Waals surface area contributed by atoms with Gasteiger partial charge in [0.15, 0.2) is 0 Å².